The van der Waals surface area contributed by atoms with Crippen LogP contribution in [-0.4, -0.2) is 18.2 Å². The zero-order chi connectivity index (χ0) is 12.8. The zero-order valence-corrected chi connectivity index (χ0v) is 9.85. The van der Waals surface area contributed by atoms with Crippen LogP contribution < -0.4 is 4.74 Å². The van der Waals surface area contributed by atoms with Crippen LogP contribution in [0.2, 0.25) is 0 Å². The number of rotatable bonds is 6. The van der Waals surface area contributed by atoms with Crippen LogP contribution in [0.15, 0.2) is 49.1 Å². The summed E-state index contributed by atoms with van der Waals surface area (Å²) in [6.45, 7) is 7.26. The summed E-state index contributed by atoms with van der Waals surface area (Å²) in [6, 6.07) is 7.31. The smallest absolute Gasteiger partial charge is 0.331 e. The van der Waals surface area contributed by atoms with Gasteiger partial charge in [-0.15, -0.1) is 6.58 Å². The largest absolute Gasteiger partial charge is 0.497 e. The average molecular weight is 232 g/mol. The van der Waals surface area contributed by atoms with E-state index in [2.05, 4.69) is 13.2 Å². The van der Waals surface area contributed by atoms with E-state index < -0.39 is 5.97 Å². The Morgan fingerprint density at radius 2 is 2.06 bits per heavy atom. The summed E-state index contributed by atoms with van der Waals surface area (Å²) in [5.74, 6) is -0.476. The molecule has 0 aliphatic heterocycles. The molecule has 0 saturated carbocycles. The predicted molar refractivity (Wildman–Crippen MR) is 67.3 cm³/mol. The van der Waals surface area contributed by atoms with Crippen molar-refractivity contribution in [1.82, 2.24) is 0 Å². The Morgan fingerprint density at radius 3 is 2.47 bits per heavy atom. The van der Waals surface area contributed by atoms with Gasteiger partial charge >= 0.3 is 5.97 Å². The lowest BCUT2D eigenvalue weighted by Crippen LogP contribution is -2.09. The zero-order valence-electron chi connectivity index (χ0n) is 9.85. The fourth-order valence-electron chi connectivity index (χ4n) is 1.63. The van der Waals surface area contributed by atoms with Crippen molar-refractivity contribution in [1.29, 1.82) is 0 Å². The van der Waals surface area contributed by atoms with Gasteiger partial charge in [0.05, 0.1) is 7.11 Å². The van der Waals surface area contributed by atoms with E-state index in [1.807, 2.05) is 12.1 Å². The van der Waals surface area contributed by atoms with Crippen LogP contribution in [0.3, 0.4) is 0 Å². The normalized spacial score (nSPS) is 11.6. The second-order valence-electron chi connectivity index (χ2n) is 3.68. The maximum Gasteiger partial charge on any atom is 0.331 e. The number of allylic oxidation sites excluding steroid dienone is 1. The van der Waals surface area contributed by atoms with Crippen LogP contribution in [0.1, 0.15) is 17.9 Å². The molecule has 3 heteroatoms. The minimum absolute atomic E-state index is 0.176. The Morgan fingerprint density at radius 1 is 1.47 bits per heavy atom. The first-order valence-corrected chi connectivity index (χ1v) is 5.27. The molecule has 1 atom stereocenters. The summed E-state index contributed by atoms with van der Waals surface area (Å²) in [5, 5.41) is 8.98. The fourth-order valence-corrected chi connectivity index (χ4v) is 1.63. The number of carboxylic acids is 1. The van der Waals surface area contributed by atoms with Crippen molar-refractivity contribution < 1.29 is 14.6 Å². The predicted octanol–water partition coefficient (Wildman–Crippen LogP) is 3.00. The number of carboxylic acid groups (broad SMARTS) is 1. The van der Waals surface area contributed by atoms with Crippen LogP contribution in [0.25, 0.3) is 0 Å². The summed E-state index contributed by atoms with van der Waals surface area (Å²) in [7, 11) is 1.59. The second kappa shape index (κ2) is 5.89. The van der Waals surface area contributed by atoms with Gasteiger partial charge in [0.15, 0.2) is 0 Å². The van der Waals surface area contributed by atoms with Gasteiger partial charge < -0.3 is 9.84 Å². The van der Waals surface area contributed by atoms with Gasteiger partial charge in [-0.1, -0.05) is 24.8 Å². The van der Waals surface area contributed by atoms with Gasteiger partial charge in [-0.05, 0) is 24.1 Å². The third-order valence-corrected chi connectivity index (χ3v) is 2.62. The molecule has 90 valence electrons. The quantitative estimate of drug-likeness (QED) is 0.605. The number of carbonyl (C=O) groups is 1. The molecule has 0 bridgehead atoms. The molecule has 3 nitrogen and oxygen atoms in total. The number of benzene rings is 1. The molecule has 1 aromatic rings. The lowest BCUT2D eigenvalue weighted by atomic mass is 9.89. The Labute approximate surface area is 101 Å². The van der Waals surface area contributed by atoms with E-state index in [0.29, 0.717) is 6.42 Å². The molecular weight excluding hydrogens is 216 g/mol. The van der Waals surface area contributed by atoms with Crippen molar-refractivity contribution in [3.05, 3.63) is 54.6 Å². The molecule has 0 heterocycles. The maximum atomic E-state index is 11.0. The first-order valence-electron chi connectivity index (χ1n) is 5.27. The van der Waals surface area contributed by atoms with Crippen LogP contribution in [0.5, 0.6) is 5.75 Å². The van der Waals surface area contributed by atoms with Crippen molar-refractivity contribution >= 4 is 5.97 Å². The topological polar surface area (TPSA) is 46.5 Å². The molecule has 0 spiro atoms. The molecule has 17 heavy (non-hydrogen) atoms. The van der Waals surface area contributed by atoms with Crippen LogP contribution in [0.4, 0.5) is 0 Å². The van der Waals surface area contributed by atoms with Crippen molar-refractivity contribution in [2.75, 3.05) is 7.11 Å². The Bertz CT molecular complexity index is 418. The van der Waals surface area contributed by atoms with Gasteiger partial charge in [0.2, 0.25) is 0 Å². The Kier molecular flexibility index (Phi) is 4.52. The third kappa shape index (κ3) is 3.21. The lowest BCUT2D eigenvalue weighted by molar-refractivity contribution is -0.132. The molecule has 0 aliphatic rings. The van der Waals surface area contributed by atoms with Gasteiger partial charge in [0.1, 0.15) is 5.75 Å². The summed E-state index contributed by atoms with van der Waals surface area (Å²) in [4.78, 5) is 11.0. The molecule has 0 fully saturated rings. The third-order valence-electron chi connectivity index (χ3n) is 2.62. The Balaban J connectivity index is 3.00. The molecule has 0 unspecified atom stereocenters. The molecular formula is C14H16O3. The van der Waals surface area contributed by atoms with E-state index >= 15 is 0 Å². The fraction of sp³-hybridized carbons (Fsp3) is 0.214. The number of methoxy groups -OCH3 is 1. The first kappa shape index (κ1) is 13.0. The second-order valence-corrected chi connectivity index (χ2v) is 3.68. The van der Waals surface area contributed by atoms with E-state index in [4.69, 9.17) is 9.84 Å². The molecule has 1 N–H and O–H groups in total. The minimum atomic E-state index is -0.979. The van der Waals surface area contributed by atoms with E-state index in [1.54, 1.807) is 25.3 Å². The van der Waals surface area contributed by atoms with Gasteiger partial charge in [-0.3, -0.25) is 0 Å². The Hall–Kier alpha value is -2.03. The number of hydrogen-bond donors (Lipinski definition) is 1. The molecule has 0 aliphatic carbocycles. The average Bonchev–Trinajstić information content (AvgIpc) is 2.35. The number of hydrogen-bond acceptors (Lipinski definition) is 2. The van der Waals surface area contributed by atoms with E-state index in [1.165, 1.54) is 0 Å². The maximum absolute atomic E-state index is 11.0. The molecule has 0 aromatic heterocycles. The number of ether oxygens (including phenoxy) is 1. The highest BCUT2D eigenvalue weighted by atomic mass is 16.5. The van der Waals surface area contributed by atoms with Crippen LogP contribution >= 0.6 is 0 Å². The summed E-state index contributed by atoms with van der Waals surface area (Å²) in [5.41, 5.74) is 1.08. The van der Waals surface area contributed by atoms with E-state index in [-0.39, 0.29) is 11.5 Å². The van der Waals surface area contributed by atoms with Crippen molar-refractivity contribution in [2.24, 2.45) is 0 Å². The lowest BCUT2D eigenvalue weighted by Gasteiger charge is -2.15. The molecule has 1 rings (SSSR count). The first-order chi connectivity index (χ1) is 8.10. The molecule has 1 aromatic carbocycles. The summed E-state index contributed by atoms with van der Waals surface area (Å²) < 4.78 is 5.06. The SMILES string of the molecule is C=CC[C@H](C(=C)C(=O)O)c1ccc(OC)cc1. The standard InChI is InChI=1S/C14H16O3/c1-4-5-13(10(2)14(15)16)11-6-8-12(17-3)9-7-11/h4,6-9,13H,1-2,5H2,3H3,(H,15,16)/t13-/m1/s1. The van der Waals surface area contributed by atoms with Gasteiger partial charge in [-0.25, -0.2) is 4.79 Å². The van der Waals surface area contributed by atoms with Crippen molar-refractivity contribution in [3.63, 3.8) is 0 Å². The monoisotopic (exact) mass is 232 g/mol. The van der Waals surface area contributed by atoms with Crippen LogP contribution in [0, 0.1) is 0 Å². The van der Waals surface area contributed by atoms with Gasteiger partial charge in [-0.2, -0.15) is 0 Å². The highest BCUT2D eigenvalue weighted by Crippen LogP contribution is 2.28. The van der Waals surface area contributed by atoms with Crippen molar-refractivity contribution in [2.45, 2.75) is 12.3 Å². The summed E-state index contributed by atoms with van der Waals surface area (Å²) >= 11 is 0. The van der Waals surface area contributed by atoms with Gasteiger partial charge in [0, 0.05) is 11.5 Å². The van der Waals surface area contributed by atoms with Gasteiger partial charge in [0.25, 0.3) is 0 Å². The highest BCUT2D eigenvalue weighted by molar-refractivity contribution is 5.87. The van der Waals surface area contributed by atoms with Crippen molar-refractivity contribution in [3.8, 4) is 5.75 Å². The highest BCUT2D eigenvalue weighted by Gasteiger charge is 2.19. The minimum Gasteiger partial charge on any atom is -0.497 e. The summed E-state index contributed by atoms with van der Waals surface area (Å²) in [6.07, 6.45) is 2.25. The molecule has 0 radical (unpaired) electrons. The number of aliphatic carboxylic acids is 1. The van der Waals surface area contributed by atoms with E-state index in [0.717, 1.165) is 11.3 Å². The van der Waals surface area contributed by atoms with E-state index in [9.17, 15) is 4.79 Å². The molecule has 0 amide bonds. The molecule has 0 saturated heterocycles. The van der Waals surface area contributed by atoms with Crippen LogP contribution in [-0.2, 0) is 4.79 Å².